The van der Waals surface area contributed by atoms with Crippen LogP contribution in [-0.2, 0) is 0 Å². The fourth-order valence-corrected chi connectivity index (χ4v) is 3.46. The first-order valence-electron chi connectivity index (χ1n) is 7.36. The van der Waals surface area contributed by atoms with Crippen molar-refractivity contribution in [3.05, 3.63) is 57.6 Å². The van der Waals surface area contributed by atoms with Crippen LogP contribution in [0.2, 0.25) is 10.0 Å². The summed E-state index contributed by atoms with van der Waals surface area (Å²) in [5.74, 6) is 0. The number of carbonyl (C=O) groups is 1. The molecule has 0 spiro atoms. The number of benzene rings is 2. The highest BCUT2D eigenvalue weighted by atomic mass is 35.5. The van der Waals surface area contributed by atoms with Gasteiger partial charge in [0.25, 0.3) is 0 Å². The molecule has 3 rings (SSSR count). The molecule has 0 aliphatic carbocycles. The lowest BCUT2D eigenvalue weighted by Gasteiger charge is -2.07. The van der Waals surface area contributed by atoms with E-state index in [2.05, 4.69) is 20.8 Å². The topological polar surface area (TPSA) is 66.9 Å². The maximum atomic E-state index is 12.1. The third-order valence-corrected chi connectivity index (χ3v) is 4.99. The number of urea groups is 1. The molecule has 0 saturated carbocycles. The van der Waals surface area contributed by atoms with Crippen molar-refractivity contribution >= 4 is 51.4 Å². The fraction of sp³-hybridized carbons (Fsp3) is 0.118. The number of halogens is 2. The lowest BCUT2D eigenvalue weighted by Crippen LogP contribution is -2.19. The van der Waals surface area contributed by atoms with Crippen LogP contribution in [-0.4, -0.2) is 16.2 Å². The Morgan fingerprint density at radius 3 is 2.52 bits per heavy atom. The molecule has 0 atom stereocenters. The van der Waals surface area contributed by atoms with Gasteiger partial charge in [-0.15, -0.1) is 10.2 Å². The molecule has 0 radical (unpaired) electrons. The Morgan fingerprint density at radius 1 is 1.00 bits per heavy atom. The third kappa shape index (κ3) is 4.28. The molecule has 128 valence electrons. The summed E-state index contributed by atoms with van der Waals surface area (Å²) in [7, 11) is 0. The molecule has 0 aliphatic rings. The van der Waals surface area contributed by atoms with Gasteiger partial charge in [-0.3, -0.25) is 5.32 Å². The van der Waals surface area contributed by atoms with Gasteiger partial charge in [-0.2, -0.15) is 0 Å². The van der Waals surface area contributed by atoms with Gasteiger partial charge >= 0.3 is 6.03 Å². The SMILES string of the molecule is Cc1ccc(NC(=O)Nc2nnc(-c3ccc(Cl)cc3Cl)s2)cc1C. The summed E-state index contributed by atoms with van der Waals surface area (Å²) >= 11 is 13.3. The number of amides is 2. The summed E-state index contributed by atoms with van der Waals surface area (Å²) in [5.41, 5.74) is 3.70. The highest BCUT2D eigenvalue weighted by molar-refractivity contribution is 7.18. The molecule has 0 aliphatic heterocycles. The van der Waals surface area contributed by atoms with Crippen LogP contribution >= 0.6 is 34.5 Å². The van der Waals surface area contributed by atoms with Crippen LogP contribution in [0.3, 0.4) is 0 Å². The lowest BCUT2D eigenvalue weighted by molar-refractivity contribution is 0.262. The Balaban J connectivity index is 1.70. The standard InChI is InChI=1S/C17H14Cl2N4OS/c1-9-3-5-12(7-10(9)2)20-16(24)21-17-23-22-15(25-17)13-6-4-11(18)8-14(13)19/h3-8H,1-2H3,(H2,20,21,23,24). The minimum atomic E-state index is -0.381. The zero-order valence-corrected chi connectivity index (χ0v) is 15.8. The summed E-state index contributed by atoms with van der Waals surface area (Å²) in [4.78, 5) is 12.1. The molecule has 2 amide bonds. The Bertz CT molecular complexity index is 942. The number of hydrogen-bond acceptors (Lipinski definition) is 4. The van der Waals surface area contributed by atoms with E-state index in [0.717, 1.165) is 5.56 Å². The number of hydrogen-bond donors (Lipinski definition) is 2. The van der Waals surface area contributed by atoms with Gasteiger partial charge in [0.05, 0.1) is 5.02 Å². The second-order valence-electron chi connectivity index (χ2n) is 5.41. The molecule has 2 N–H and O–H groups in total. The highest BCUT2D eigenvalue weighted by Crippen LogP contribution is 2.33. The van der Waals surface area contributed by atoms with Crippen LogP contribution < -0.4 is 10.6 Å². The Labute approximate surface area is 159 Å². The third-order valence-electron chi connectivity index (χ3n) is 3.57. The number of rotatable bonds is 3. The van der Waals surface area contributed by atoms with E-state index in [1.54, 1.807) is 18.2 Å². The van der Waals surface area contributed by atoms with Gasteiger partial charge in [-0.1, -0.05) is 40.6 Å². The van der Waals surface area contributed by atoms with Crippen molar-refractivity contribution in [3.63, 3.8) is 0 Å². The number of aryl methyl sites for hydroxylation is 2. The molecule has 8 heteroatoms. The molecule has 0 saturated heterocycles. The monoisotopic (exact) mass is 392 g/mol. The second-order valence-corrected chi connectivity index (χ2v) is 7.24. The Morgan fingerprint density at radius 2 is 1.80 bits per heavy atom. The van der Waals surface area contributed by atoms with Crippen molar-refractivity contribution in [2.75, 3.05) is 10.6 Å². The number of nitrogens with one attached hydrogen (secondary N) is 2. The molecule has 0 bridgehead atoms. The van der Waals surface area contributed by atoms with Crippen molar-refractivity contribution < 1.29 is 4.79 Å². The molecular weight excluding hydrogens is 379 g/mol. The summed E-state index contributed by atoms with van der Waals surface area (Å²) in [6.45, 7) is 4.01. The Kier molecular flexibility index (Phi) is 5.22. The van der Waals surface area contributed by atoms with Gasteiger partial charge in [0.1, 0.15) is 0 Å². The molecule has 1 aromatic heterocycles. The molecule has 2 aromatic carbocycles. The number of carbonyl (C=O) groups excluding carboxylic acids is 1. The zero-order chi connectivity index (χ0) is 18.0. The van der Waals surface area contributed by atoms with Crippen LogP contribution in [0.4, 0.5) is 15.6 Å². The van der Waals surface area contributed by atoms with Crippen molar-refractivity contribution in [2.24, 2.45) is 0 Å². The van der Waals surface area contributed by atoms with Crippen molar-refractivity contribution in [3.8, 4) is 10.6 Å². The minimum absolute atomic E-state index is 0.377. The molecule has 0 unspecified atom stereocenters. The van der Waals surface area contributed by atoms with Gasteiger partial charge in [-0.05, 0) is 55.3 Å². The average Bonchev–Trinajstić information content (AvgIpc) is 2.99. The average molecular weight is 393 g/mol. The van der Waals surface area contributed by atoms with Crippen molar-refractivity contribution in [2.45, 2.75) is 13.8 Å². The van der Waals surface area contributed by atoms with Gasteiger partial charge in [0, 0.05) is 16.3 Å². The van der Waals surface area contributed by atoms with E-state index in [1.807, 2.05) is 32.0 Å². The van der Waals surface area contributed by atoms with E-state index in [-0.39, 0.29) is 6.03 Å². The maximum Gasteiger partial charge on any atom is 0.325 e. The van der Waals surface area contributed by atoms with Crippen molar-refractivity contribution in [1.82, 2.24) is 10.2 Å². The van der Waals surface area contributed by atoms with Crippen LogP contribution in [0, 0.1) is 13.8 Å². The second kappa shape index (κ2) is 7.39. The first kappa shape index (κ1) is 17.7. The zero-order valence-electron chi connectivity index (χ0n) is 13.4. The lowest BCUT2D eigenvalue weighted by atomic mass is 10.1. The first-order valence-corrected chi connectivity index (χ1v) is 8.94. The molecular formula is C17H14Cl2N4OS. The largest absolute Gasteiger partial charge is 0.325 e. The maximum absolute atomic E-state index is 12.1. The van der Waals surface area contributed by atoms with Gasteiger partial charge in [-0.25, -0.2) is 4.79 Å². The Hall–Kier alpha value is -2.15. The van der Waals surface area contributed by atoms with Crippen molar-refractivity contribution in [1.29, 1.82) is 0 Å². The normalized spacial score (nSPS) is 10.6. The van der Waals surface area contributed by atoms with E-state index in [4.69, 9.17) is 23.2 Å². The number of anilines is 2. The summed E-state index contributed by atoms with van der Waals surface area (Å²) in [6.07, 6.45) is 0. The van der Waals surface area contributed by atoms with E-state index in [1.165, 1.54) is 16.9 Å². The fourth-order valence-electron chi connectivity index (χ4n) is 2.12. The quantitative estimate of drug-likeness (QED) is 0.593. The van der Waals surface area contributed by atoms with Gasteiger partial charge in [0.15, 0.2) is 5.01 Å². The summed E-state index contributed by atoms with van der Waals surface area (Å²) in [5, 5.41) is 15.5. The van der Waals surface area contributed by atoms with Gasteiger partial charge in [0.2, 0.25) is 5.13 Å². The number of aromatic nitrogens is 2. The molecule has 5 nitrogen and oxygen atoms in total. The first-order chi connectivity index (χ1) is 11.9. The smallest absolute Gasteiger partial charge is 0.308 e. The minimum Gasteiger partial charge on any atom is -0.308 e. The molecule has 1 heterocycles. The van der Waals surface area contributed by atoms with E-state index in [0.29, 0.717) is 31.4 Å². The van der Waals surface area contributed by atoms with Gasteiger partial charge < -0.3 is 5.32 Å². The van der Waals surface area contributed by atoms with Crippen LogP contribution in [0.25, 0.3) is 10.6 Å². The van der Waals surface area contributed by atoms with Crippen LogP contribution in [0.5, 0.6) is 0 Å². The molecule has 25 heavy (non-hydrogen) atoms. The molecule has 3 aromatic rings. The summed E-state index contributed by atoms with van der Waals surface area (Å²) < 4.78 is 0. The summed E-state index contributed by atoms with van der Waals surface area (Å²) in [6, 6.07) is 10.5. The highest BCUT2D eigenvalue weighted by Gasteiger charge is 2.12. The predicted molar refractivity (Wildman–Crippen MR) is 104 cm³/mol. The number of nitrogens with zero attached hydrogens (tertiary/aromatic N) is 2. The van der Waals surface area contributed by atoms with E-state index < -0.39 is 0 Å². The van der Waals surface area contributed by atoms with E-state index >= 15 is 0 Å². The molecule has 0 fully saturated rings. The van der Waals surface area contributed by atoms with Crippen LogP contribution in [0.15, 0.2) is 36.4 Å². The van der Waals surface area contributed by atoms with E-state index in [9.17, 15) is 4.79 Å². The van der Waals surface area contributed by atoms with Crippen LogP contribution in [0.1, 0.15) is 11.1 Å². The predicted octanol–water partition coefficient (Wildman–Crippen LogP) is 5.77.